The molecule has 0 aromatic heterocycles. The third-order valence-corrected chi connectivity index (χ3v) is 13.2. The van der Waals surface area contributed by atoms with Gasteiger partial charge in [-0.05, 0) is 83.7 Å². The predicted octanol–water partition coefficient (Wildman–Crippen LogP) is 6.44. The molecule has 0 saturated heterocycles. The molecule has 5 rings (SSSR count). The lowest BCUT2D eigenvalue weighted by Crippen LogP contribution is -2.56. The van der Waals surface area contributed by atoms with Crippen LogP contribution in [0.4, 0.5) is 0 Å². The number of hydrogen-bond donors (Lipinski definition) is 0. The van der Waals surface area contributed by atoms with Crippen molar-refractivity contribution in [2.75, 3.05) is 0 Å². The first-order chi connectivity index (χ1) is 19.1. The normalized spacial score (nSPS) is 44.2. The summed E-state index contributed by atoms with van der Waals surface area (Å²) in [7, 11) is 0. The minimum Gasteiger partial charge on any atom is -0.462 e. The molecule has 0 bridgehead atoms. The van der Waals surface area contributed by atoms with E-state index in [-0.39, 0.29) is 62.9 Å². The maximum absolute atomic E-state index is 13.8. The average Bonchev–Trinajstić information content (AvgIpc) is 3.52. The number of rotatable bonds is 8. The highest BCUT2D eigenvalue weighted by atomic mass is 16.6. The number of Topliss-reactive ketones (excluding diaryl/α,β-unsaturated/α-hetero) is 1. The number of carbonyl (C=O) groups is 4. The second-order valence-corrected chi connectivity index (χ2v) is 14.6. The minimum absolute atomic E-state index is 0.0631. The van der Waals surface area contributed by atoms with Crippen LogP contribution < -0.4 is 0 Å². The first-order valence-corrected chi connectivity index (χ1v) is 15.5. The van der Waals surface area contributed by atoms with Gasteiger partial charge in [0.2, 0.25) is 0 Å². The first kappa shape index (κ1) is 30.0. The van der Waals surface area contributed by atoms with Gasteiger partial charge in [0.05, 0.1) is 0 Å². The van der Waals surface area contributed by atoms with Crippen LogP contribution in [0.5, 0.6) is 0 Å². The molecule has 4 saturated carbocycles. The highest BCUT2D eigenvalue weighted by Gasteiger charge is 2.81. The van der Waals surface area contributed by atoms with E-state index in [2.05, 4.69) is 40.0 Å². The fourth-order valence-corrected chi connectivity index (χ4v) is 11.0. The molecule has 1 unspecified atom stereocenters. The number of hydrogen-bond acceptors (Lipinski definition) is 6. The Bertz CT molecular complexity index is 1230. The lowest BCUT2D eigenvalue weighted by atomic mass is 9.43. The van der Waals surface area contributed by atoms with E-state index in [0.717, 1.165) is 32.1 Å². The molecule has 12 atom stereocenters. The number of carbonyl (C=O) groups excluding carboxylic acids is 4. The summed E-state index contributed by atoms with van der Waals surface area (Å²) in [6.07, 6.45) is 10.3. The Morgan fingerprint density at radius 3 is 2.37 bits per heavy atom. The van der Waals surface area contributed by atoms with Crippen molar-refractivity contribution in [1.82, 2.24) is 0 Å². The van der Waals surface area contributed by atoms with Gasteiger partial charge in [-0.1, -0.05) is 53.3 Å². The maximum atomic E-state index is 13.8. The van der Waals surface area contributed by atoms with Crippen molar-refractivity contribution in [2.45, 2.75) is 99.2 Å². The van der Waals surface area contributed by atoms with E-state index < -0.39 is 18.2 Å². The first-order valence-electron chi connectivity index (χ1n) is 15.5. The van der Waals surface area contributed by atoms with Crippen LogP contribution >= 0.6 is 0 Å². The molecule has 0 N–H and O–H groups in total. The molecule has 4 fully saturated rings. The molecular weight excluding hydrogens is 516 g/mol. The third-order valence-electron chi connectivity index (χ3n) is 13.2. The van der Waals surface area contributed by atoms with Gasteiger partial charge in [-0.15, -0.1) is 6.58 Å². The molecule has 41 heavy (non-hydrogen) atoms. The van der Waals surface area contributed by atoms with Crippen molar-refractivity contribution < 1.29 is 28.7 Å². The van der Waals surface area contributed by atoms with E-state index in [4.69, 9.17) is 9.47 Å². The second kappa shape index (κ2) is 9.77. The summed E-state index contributed by atoms with van der Waals surface area (Å²) >= 11 is 0. The van der Waals surface area contributed by atoms with Crippen LogP contribution in [-0.4, -0.2) is 35.7 Å². The molecule has 6 heteroatoms. The van der Waals surface area contributed by atoms with Crippen molar-refractivity contribution in [2.24, 2.45) is 57.2 Å². The Labute approximate surface area is 245 Å². The Kier molecular flexibility index (Phi) is 7.14. The minimum atomic E-state index is -1.02. The summed E-state index contributed by atoms with van der Waals surface area (Å²) in [5, 5.41) is 0. The number of ether oxygens (including phenoxy) is 2. The fraction of sp³-hybridized carbons (Fsp3) is 0.714. The predicted molar refractivity (Wildman–Crippen MR) is 156 cm³/mol. The molecule has 2 spiro atoms. The van der Waals surface area contributed by atoms with Crippen molar-refractivity contribution >= 4 is 23.5 Å². The van der Waals surface area contributed by atoms with E-state index in [1.54, 1.807) is 6.08 Å². The average molecular weight is 565 g/mol. The van der Waals surface area contributed by atoms with E-state index in [0.29, 0.717) is 23.8 Å². The van der Waals surface area contributed by atoms with Gasteiger partial charge in [0, 0.05) is 37.5 Å². The third kappa shape index (κ3) is 4.01. The van der Waals surface area contributed by atoms with Crippen LogP contribution in [0.3, 0.4) is 0 Å². The summed E-state index contributed by atoms with van der Waals surface area (Å²) in [6, 6.07) is 0. The Morgan fingerprint density at radius 2 is 1.76 bits per heavy atom. The number of allylic oxidation sites excluding steroid dienone is 3. The molecular formula is C35H48O6. The van der Waals surface area contributed by atoms with Gasteiger partial charge in [0.1, 0.15) is 6.10 Å². The fourth-order valence-electron chi connectivity index (χ4n) is 11.0. The maximum Gasteiger partial charge on any atom is 0.303 e. The second-order valence-electron chi connectivity index (χ2n) is 14.6. The highest BCUT2D eigenvalue weighted by molar-refractivity contribution is 6.00. The number of ketones is 2. The number of esters is 2. The summed E-state index contributed by atoms with van der Waals surface area (Å²) in [5.74, 6) is -0.823. The standard InChI is InChI=1S/C35H48O6/c1-10-19(2)20(3)30(39)31(41-24(7)37)22(5)29-27(40-23(6)36)17-33(9)28-12-11-25-21(4)26(38)13-14-34(25)18-35(28,34)16-15-32(29,33)8/h10,13-14,19,21-22,25,27-29,31H,1,3,11-12,15-18H2,2,4-9H3/t19?,21-,22-,25-,27-,28-,29-,31+,32+,33-,34+,35-/m0/s1. The molecule has 5 aliphatic rings. The van der Waals surface area contributed by atoms with Crippen molar-refractivity contribution in [3.05, 3.63) is 37.0 Å². The van der Waals surface area contributed by atoms with Crippen LogP contribution in [0.2, 0.25) is 0 Å². The van der Waals surface area contributed by atoms with Crippen LogP contribution in [-0.2, 0) is 28.7 Å². The van der Waals surface area contributed by atoms with Crippen molar-refractivity contribution in [3.8, 4) is 0 Å². The summed E-state index contributed by atoms with van der Waals surface area (Å²) in [6.45, 7) is 21.3. The quantitative estimate of drug-likeness (QED) is 0.192. The van der Waals surface area contributed by atoms with E-state index >= 15 is 0 Å². The zero-order valence-electron chi connectivity index (χ0n) is 26.0. The zero-order chi connectivity index (χ0) is 30.3. The Morgan fingerprint density at radius 1 is 1.07 bits per heavy atom. The Hall–Kier alpha value is -2.50. The largest absolute Gasteiger partial charge is 0.462 e. The monoisotopic (exact) mass is 564 g/mol. The van der Waals surface area contributed by atoms with Crippen molar-refractivity contribution in [1.29, 1.82) is 0 Å². The summed E-state index contributed by atoms with van der Waals surface area (Å²) < 4.78 is 11.9. The van der Waals surface area contributed by atoms with Gasteiger partial charge < -0.3 is 9.47 Å². The topological polar surface area (TPSA) is 86.7 Å². The van der Waals surface area contributed by atoms with Crippen LogP contribution in [0, 0.1) is 57.2 Å². The molecule has 0 radical (unpaired) electrons. The molecule has 0 aromatic carbocycles. The van der Waals surface area contributed by atoms with Gasteiger partial charge in [0.25, 0.3) is 0 Å². The molecule has 0 amide bonds. The lowest BCUT2D eigenvalue weighted by molar-refractivity contribution is -0.166. The summed E-state index contributed by atoms with van der Waals surface area (Å²) in [4.78, 5) is 51.2. The Balaban J connectivity index is 1.55. The highest BCUT2D eigenvalue weighted by Crippen LogP contribution is 2.87. The molecule has 0 heterocycles. The number of fused-ring (bicyclic) bond motifs is 2. The van der Waals surface area contributed by atoms with E-state index in [1.165, 1.54) is 13.8 Å². The molecule has 224 valence electrons. The lowest BCUT2D eigenvalue weighted by Gasteiger charge is -2.61. The van der Waals surface area contributed by atoms with Crippen LogP contribution in [0.1, 0.15) is 87.0 Å². The molecule has 6 nitrogen and oxygen atoms in total. The SMILES string of the molecule is C=CC(C)C(=C)C(=O)[C@H](OC(C)=O)[C@@H](C)[C@H]1[C@@H](OC(C)=O)C[C@@]2(C)[C@@H]3CC[C@H]4[C@H](C)C(=O)C=C[C@@]45C[C@@]35CC[C@]12C. The van der Waals surface area contributed by atoms with Crippen LogP contribution in [0.15, 0.2) is 37.0 Å². The molecule has 5 aliphatic carbocycles. The van der Waals surface area contributed by atoms with E-state index in [1.807, 2.05) is 19.9 Å². The molecule has 0 aromatic rings. The summed E-state index contributed by atoms with van der Waals surface area (Å²) in [5.41, 5.74) is 0.216. The smallest absolute Gasteiger partial charge is 0.303 e. The van der Waals surface area contributed by atoms with Gasteiger partial charge in [-0.25, -0.2) is 0 Å². The van der Waals surface area contributed by atoms with Gasteiger partial charge in [-0.2, -0.15) is 0 Å². The van der Waals surface area contributed by atoms with Gasteiger partial charge >= 0.3 is 11.9 Å². The van der Waals surface area contributed by atoms with Crippen LogP contribution in [0.25, 0.3) is 0 Å². The van der Waals surface area contributed by atoms with Gasteiger partial charge in [-0.3, -0.25) is 19.2 Å². The zero-order valence-corrected chi connectivity index (χ0v) is 26.0. The molecule has 0 aliphatic heterocycles. The van der Waals surface area contributed by atoms with Crippen molar-refractivity contribution in [3.63, 3.8) is 0 Å². The van der Waals surface area contributed by atoms with E-state index in [9.17, 15) is 19.2 Å². The van der Waals surface area contributed by atoms with Gasteiger partial charge in [0.15, 0.2) is 17.7 Å².